The molecule has 0 atom stereocenters. The highest BCUT2D eigenvalue weighted by molar-refractivity contribution is 5.91. The van der Waals surface area contributed by atoms with Crippen LogP contribution in [0.2, 0.25) is 0 Å². The van der Waals surface area contributed by atoms with Crippen molar-refractivity contribution in [2.75, 3.05) is 13.3 Å². The third kappa shape index (κ3) is 6.11. The maximum absolute atomic E-state index is 12.6. The summed E-state index contributed by atoms with van der Waals surface area (Å²) in [5, 5.41) is 2.95. The van der Waals surface area contributed by atoms with Crippen molar-refractivity contribution < 1.29 is 18.7 Å². The average molecular weight is 469 g/mol. The molecule has 0 saturated heterocycles. The molecular weight excluding hydrogens is 440 g/mol. The number of hydrogen-bond acceptors (Lipinski definition) is 5. The molecule has 35 heavy (non-hydrogen) atoms. The van der Waals surface area contributed by atoms with Crippen LogP contribution in [-0.2, 0) is 26.1 Å². The van der Waals surface area contributed by atoms with Gasteiger partial charge >= 0.3 is 0 Å². The summed E-state index contributed by atoms with van der Waals surface area (Å²) in [5.41, 5.74) is 3.52. The lowest BCUT2D eigenvalue weighted by molar-refractivity contribution is 0.0922. The van der Waals surface area contributed by atoms with Gasteiger partial charge in [0.1, 0.15) is 5.76 Å². The van der Waals surface area contributed by atoms with Gasteiger partial charge in [-0.15, -0.1) is 0 Å². The molecular formula is C29H28N2O4. The van der Waals surface area contributed by atoms with Crippen molar-refractivity contribution in [2.45, 2.75) is 26.1 Å². The molecule has 5 rings (SSSR count). The number of rotatable bonds is 10. The zero-order chi connectivity index (χ0) is 23.9. The van der Waals surface area contributed by atoms with E-state index in [0.29, 0.717) is 25.4 Å². The molecule has 1 N–H and O–H groups in total. The molecule has 0 bridgehead atoms. The number of furan rings is 1. The molecule has 0 aliphatic carbocycles. The number of amides is 1. The fourth-order valence-electron chi connectivity index (χ4n) is 4.16. The quantitative estimate of drug-likeness (QED) is 0.347. The molecule has 6 heteroatoms. The van der Waals surface area contributed by atoms with E-state index in [4.69, 9.17) is 13.9 Å². The van der Waals surface area contributed by atoms with Crippen LogP contribution in [0.3, 0.4) is 0 Å². The first-order valence-corrected chi connectivity index (χ1v) is 11.8. The lowest BCUT2D eigenvalue weighted by Gasteiger charge is -2.21. The Morgan fingerprint density at radius 1 is 0.743 bits per heavy atom. The molecule has 3 aromatic carbocycles. The monoisotopic (exact) mass is 468 g/mol. The minimum absolute atomic E-state index is 0.197. The lowest BCUT2D eigenvalue weighted by atomic mass is 10.1. The molecule has 0 saturated carbocycles. The first kappa shape index (κ1) is 22.7. The van der Waals surface area contributed by atoms with Gasteiger partial charge in [-0.1, -0.05) is 66.7 Å². The van der Waals surface area contributed by atoms with Crippen LogP contribution in [0.5, 0.6) is 11.5 Å². The Hall–Kier alpha value is -4.03. The topological polar surface area (TPSA) is 63.9 Å². The molecule has 1 aliphatic rings. The second kappa shape index (κ2) is 10.9. The average Bonchev–Trinajstić information content (AvgIpc) is 3.55. The van der Waals surface area contributed by atoms with Gasteiger partial charge in [-0.25, -0.2) is 0 Å². The van der Waals surface area contributed by atoms with Gasteiger partial charge in [0.25, 0.3) is 5.91 Å². The van der Waals surface area contributed by atoms with Crippen molar-refractivity contribution in [3.63, 3.8) is 0 Å². The number of carbonyl (C=O) groups is 1. The predicted molar refractivity (Wildman–Crippen MR) is 133 cm³/mol. The first-order valence-electron chi connectivity index (χ1n) is 11.8. The lowest BCUT2D eigenvalue weighted by Crippen LogP contribution is -2.25. The van der Waals surface area contributed by atoms with E-state index in [1.54, 1.807) is 6.07 Å². The molecule has 1 amide bonds. The first-order chi connectivity index (χ1) is 17.2. The Labute approximate surface area is 205 Å². The fourth-order valence-corrected chi connectivity index (χ4v) is 4.16. The molecule has 0 spiro atoms. The number of nitrogens with zero attached hydrogens (tertiary/aromatic N) is 1. The maximum Gasteiger partial charge on any atom is 0.287 e. The standard InChI is InChI=1S/C29H28N2O4/c32-29(30-16-15-22-7-3-1-4-8-22)27-14-12-25(35-27)20-31(18-23-9-5-2-6-10-23)19-24-11-13-26-28(17-24)34-21-33-26/h1-14,17H,15-16,18-21H2,(H,30,32). The normalized spacial score (nSPS) is 12.1. The minimum atomic E-state index is -0.197. The zero-order valence-electron chi connectivity index (χ0n) is 19.5. The second-order valence-corrected chi connectivity index (χ2v) is 8.58. The van der Waals surface area contributed by atoms with E-state index in [1.807, 2.05) is 54.6 Å². The Bertz CT molecular complexity index is 1250. The predicted octanol–water partition coefficient (Wildman–Crippen LogP) is 5.18. The van der Waals surface area contributed by atoms with E-state index in [2.05, 4.69) is 40.5 Å². The third-order valence-corrected chi connectivity index (χ3v) is 5.90. The van der Waals surface area contributed by atoms with E-state index < -0.39 is 0 Å². The van der Waals surface area contributed by atoms with Gasteiger partial charge in [-0.05, 0) is 47.4 Å². The summed E-state index contributed by atoms with van der Waals surface area (Å²) in [7, 11) is 0. The van der Waals surface area contributed by atoms with Crippen molar-refractivity contribution >= 4 is 5.91 Å². The molecule has 1 aliphatic heterocycles. The van der Waals surface area contributed by atoms with E-state index >= 15 is 0 Å². The summed E-state index contributed by atoms with van der Waals surface area (Å²) in [5.74, 6) is 2.43. The van der Waals surface area contributed by atoms with Gasteiger partial charge in [-0.3, -0.25) is 9.69 Å². The number of ether oxygens (including phenoxy) is 2. The van der Waals surface area contributed by atoms with Crippen LogP contribution in [0.4, 0.5) is 0 Å². The van der Waals surface area contributed by atoms with Gasteiger partial charge in [0, 0.05) is 19.6 Å². The molecule has 0 unspecified atom stereocenters. The second-order valence-electron chi connectivity index (χ2n) is 8.58. The van der Waals surface area contributed by atoms with Crippen molar-refractivity contribution in [3.8, 4) is 11.5 Å². The molecule has 178 valence electrons. The number of hydrogen-bond donors (Lipinski definition) is 1. The van der Waals surface area contributed by atoms with Crippen LogP contribution in [0.15, 0.2) is 95.4 Å². The molecule has 4 aromatic rings. The van der Waals surface area contributed by atoms with E-state index in [-0.39, 0.29) is 12.7 Å². The summed E-state index contributed by atoms with van der Waals surface area (Å²) in [4.78, 5) is 14.9. The highest BCUT2D eigenvalue weighted by Crippen LogP contribution is 2.33. The molecule has 0 radical (unpaired) electrons. The fraction of sp³-hybridized carbons (Fsp3) is 0.207. The number of fused-ring (bicyclic) bond motifs is 1. The van der Waals surface area contributed by atoms with Crippen LogP contribution < -0.4 is 14.8 Å². The molecule has 2 heterocycles. The number of benzene rings is 3. The van der Waals surface area contributed by atoms with Gasteiger partial charge in [0.2, 0.25) is 6.79 Å². The summed E-state index contributed by atoms with van der Waals surface area (Å²) in [6.45, 7) is 2.83. The molecule has 6 nitrogen and oxygen atoms in total. The van der Waals surface area contributed by atoms with Crippen LogP contribution in [0.1, 0.15) is 33.0 Å². The Kier molecular flexibility index (Phi) is 7.10. The van der Waals surface area contributed by atoms with Gasteiger partial charge in [0.15, 0.2) is 17.3 Å². The molecule has 1 aromatic heterocycles. The Morgan fingerprint density at radius 3 is 2.26 bits per heavy atom. The van der Waals surface area contributed by atoms with Crippen molar-refractivity contribution in [3.05, 3.63) is 119 Å². The Balaban J connectivity index is 1.23. The SMILES string of the molecule is O=C(NCCc1ccccc1)c1ccc(CN(Cc2ccccc2)Cc2ccc3c(c2)OCO3)o1. The van der Waals surface area contributed by atoms with Gasteiger partial charge in [-0.2, -0.15) is 0 Å². The van der Waals surface area contributed by atoms with Crippen LogP contribution in [0.25, 0.3) is 0 Å². The number of nitrogens with one attached hydrogen (secondary N) is 1. The number of carbonyl (C=O) groups excluding carboxylic acids is 1. The molecule has 0 fully saturated rings. The van der Waals surface area contributed by atoms with Crippen molar-refractivity contribution in [1.29, 1.82) is 0 Å². The summed E-state index contributed by atoms with van der Waals surface area (Å²) in [6.07, 6.45) is 0.778. The van der Waals surface area contributed by atoms with E-state index in [0.717, 1.165) is 35.8 Å². The van der Waals surface area contributed by atoms with Crippen LogP contribution >= 0.6 is 0 Å². The highest BCUT2D eigenvalue weighted by Gasteiger charge is 2.17. The third-order valence-electron chi connectivity index (χ3n) is 5.90. The van der Waals surface area contributed by atoms with Crippen molar-refractivity contribution in [2.24, 2.45) is 0 Å². The Morgan fingerprint density at radius 2 is 1.46 bits per heavy atom. The van der Waals surface area contributed by atoms with E-state index in [9.17, 15) is 4.79 Å². The van der Waals surface area contributed by atoms with Gasteiger partial charge < -0.3 is 19.2 Å². The summed E-state index contributed by atoms with van der Waals surface area (Å²) in [6, 6.07) is 30.1. The highest BCUT2D eigenvalue weighted by atomic mass is 16.7. The zero-order valence-corrected chi connectivity index (χ0v) is 19.5. The smallest absolute Gasteiger partial charge is 0.287 e. The van der Waals surface area contributed by atoms with Gasteiger partial charge in [0.05, 0.1) is 6.54 Å². The summed E-state index contributed by atoms with van der Waals surface area (Å²) < 4.78 is 16.9. The largest absolute Gasteiger partial charge is 0.455 e. The van der Waals surface area contributed by atoms with Crippen molar-refractivity contribution in [1.82, 2.24) is 10.2 Å². The van der Waals surface area contributed by atoms with E-state index in [1.165, 1.54) is 11.1 Å². The maximum atomic E-state index is 12.6. The summed E-state index contributed by atoms with van der Waals surface area (Å²) >= 11 is 0. The minimum Gasteiger partial charge on any atom is -0.455 e. The van der Waals surface area contributed by atoms with Crippen LogP contribution in [0, 0.1) is 0 Å². The van der Waals surface area contributed by atoms with Crippen LogP contribution in [-0.4, -0.2) is 24.1 Å².